The van der Waals surface area contributed by atoms with E-state index in [2.05, 4.69) is 0 Å². The van der Waals surface area contributed by atoms with Crippen molar-refractivity contribution in [1.29, 1.82) is 0 Å². The second-order valence-corrected chi connectivity index (χ2v) is 6.54. The van der Waals surface area contributed by atoms with Crippen molar-refractivity contribution in [3.8, 4) is 0 Å². The number of aryl methyl sites for hydroxylation is 1. The highest BCUT2D eigenvalue weighted by Crippen LogP contribution is 2.20. The molecule has 0 N–H and O–H groups in total. The van der Waals surface area contributed by atoms with Gasteiger partial charge < -0.3 is 4.74 Å². The largest absolute Gasteiger partial charge is 0.362 e. The lowest BCUT2D eigenvalue weighted by Gasteiger charge is -2.32. The minimum absolute atomic E-state index is 0.0490. The van der Waals surface area contributed by atoms with Gasteiger partial charge in [0.05, 0.1) is 5.75 Å². The van der Waals surface area contributed by atoms with Crippen LogP contribution in [0.15, 0.2) is 24.3 Å². The van der Waals surface area contributed by atoms with Crippen LogP contribution in [0.2, 0.25) is 0 Å². The highest BCUT2D eigenvalue weighted by Gasteiger charge is 2.30. The lowest BCUT2D eigenvalue weighted by atomic mass is 10.1. The van der Waals surface area contributed by atoms with E-state index in [9.17, 15) is 8.42 Å². The topological polar surface area (TPSA) is 46.6 Å². The second kappa shape index (κ2) is 5.38. The highest BCUT2D eigenvalue weighted by atomic mass is 32.2. The van der Waals surface area contributed by atoms with E-state index in [-0.39, 0.29) is 12.0 Å². The number of nitrogens with zero attached hydrogens (tertiary/aromatic N) is 1. The Hall–Kier alpha value is -0.910. The Morgan fingerprint density at radius 1 is 1.39 bits per heavy atom. The van der Waals surface area contributed by atoms with Gasteiger partial charge in [-0.3, -0.25) is 0 Å². The molecular weight excluding hydrogens is 250 g/mol. The molecular formula is C13H19NO3S. The summed E-state index contributed by atoms with van der Waals surface area (Å²) in [7, 11) is -3.30. The Morgan fingerprint density at radius 3 is 2.78 bits per heavy atom. The number of hydrogen-bond acceptors (Lipinski definition) is 3. The molecule has 0 saturated carbocycles. The molecule has 1 unspecified atom stereocenters. The summed E-state index contributed by atoms with van der Waals surface area (Å²) < 4.78 is 31.6. The maximum Gasteiger partial charge on any atom is 0.220 e. The predicted octanol–water partition coefficient (Wildman–Crippen LogP) is 1.89. The molecule has 100 valence electrons. The van der Waals surface area contributed by atoms with Gasteiger partial charge in [-0.25, -0.2) is 8.42 Å². The Bertz CT molecular complexity index is 513. The van der Waals surface area contributed by atoms with Gasteiger partial charge in [0.2, 0.25) is 10.0 Å². The van der Waals surface area contributed by atoms with Crippen LogP contribution in [0.25, 0.3) is 0 Å². The van der Waals surface area contributed by atoms with Gasteiger partial charge in [-0.2, -0.15) is 4.31 Å². The standard InChI is InChI=1S/C13H19NO3S/c1-11-6-3-4-7-13(11)10-18(15,16)14-8-5-9-17-12(14)2/h3-4,6-7,12H,5,8-10H2,1-2H3. The van der Waals surface area contributed by atoms with Crippen molar-refractivity contribution < 1.29 is 13.2 Å². The lowest BCUT2D eigenvalue weighted by Crippen LogP contribution is -2.45. The summed E-state index contributed by atoms with van der Waals surface area (Å²) in [4.78, 5) is 0. The van der Waals surface area contributed by atoms with Crippen LogP contribution < -0.4 is 0 Å². The minimum Gasteiger partial charge on any atom is -0.362 e. The third-order valence-corrected chi connectivity index (χ3v) is 5.11. The van der Waals surface area contributed by atoms with E-state index in [4.69, 9.17) is 4.74 Å². The van der Waals surface area contributed by atoms with Crippen molar-refractivity contribution in [3.05, 3.63) is 35.4 Å². The van der Waals surface area contributed by atoms with Crippen molar-refractivity contribution in [2.75, 3.05) is 13.2 Å². The summed E-state index contributed by atoms with van der Waals surface area (Å²) >= 11 is 0. The smallest absolute Gasteiger partial charge is 0.220 e. The van der Waals surface area contributed by atoms with Gasteiger partial charge in [-0.15, -0.1) is 0 Å². The third-order valence-electron chi connectivity index (χ3n) is 3.24. The summed E-state index contributed by atoms with van der Waals surface area (Å²) in [5.41, 5.74) is 1.86. The second-order valence-electron chi connectivity index (χ2n) is 4.62. The first-order valence-electron chi connectivity index (χ1n) is 6.16. The Balaban J connectivity index is 2.19. The van der Waals surface area contributed by atoms with Crippen LogP contribution in [0, 0.1) is 6.92 Å². The third kappa shape index (κ3) is 2.91. The maximum absolute atomic E-state index is 12.4. The molecule has 1 aliphatic heterocycles. The molecule has 0 bridgehead atoms. The molecule has 18 heavy (non-hydrogen) atoms. The molecule has 5 heteroatoms. The number of hydrogen-bond donors (Lipinski definition) is 0. The van der Waals surface area contributed by atoms with E-state index >= 15 is 0 Å². The number of ether oxygens (including phenoxy) is 1. The molecule has 0 aromatic heterocycles. The van der Waals surface area contributed by atoms with Crippen LogP contribution in [0.4, 0.5) is 0 Å². The van der Waals surface area contributed by atoms with Gasteiger partial charge in [0.15, 0.2) is 0 Å². The fraction of sp³-hybridized carbons (Fsp3) is 0.538. The fourth-order valence-electron chi connectivity index (χ4n) is 2.16. The quantitative estimate of drug-likeness (QED) is 0.842. The molecule has 1 saturated heterocycles. The van der Waals surface area contributed by atoms with Gasteiger partial charge in [-0.1, -0.05) is 24.3 Å². The van der Waals surface area contributed by atoms with Crippen molar-refractivity contribution in [1.82, 2.24) is 4.31 Å². The average Bonchev–Trinajstić information content (AvgIpc) is 2.32. The van der Waals surface area contributed by atoms with E-state index < -0.39 is 10.0 Å². The van der Waals surface area contributed by atoms with E-state index in [1.54, 1.807) is 6.92 Å². The molecule has 2 rings (SSSR count). The first kappa shape index (κ1) is 13.5. The van der Waals surface area contributed by atoms with Crippen molar-refractivity contribution in [2.45, 2.75) is 32.2 Å². The van der Waals surface area contributed by atoms with Gasteiger partial charge in [-0.05, 0) is 31.4 Å². The van der Waals surface area contributed by atoms with Crippen molar-refractivity contribution in [2.24, 2.45) is 0 Å². The molecule has 1 heterocycles. The summed E-state index contributed by atoms with van der Waals surface area (Å²) in [6.45, 7) is 4.91. The van der Waals surface area contributed by atoms with Crippen LogP contribution >= 0.6 is 0 Å². The monoisotopic (exact) mass is 269 g/mol. The molecule has 4 nitrogen and oxygen atoms in total. The van der Waals surface area contributed by atoms with Gasteiger partial charge in [0, 0.05) is 13.2 Å². The van der Waals surface area contributed by atoms with E-state index in [0.29, 0.717) is 13.2 Å². The number of benzene rings is 1. The van der Waals surface area contributed by atoms with Gasteiger partial charge in [0.25, 0.3) is 0 Å². The Morgan fingerprint density at radius 2 is 2.11 bits per heavy atom. The molecule has 0 spiro atoms. The normalized spacial score (nSPS) is 22.0. The Kier molecular flexibility index (Phi) is 4.04. The van der Waals surface area contributed by atoms with Crippen LogP contribution in [0.5, 0.6) is 0 Å². The molecule has 0 radical (unpaired) electrons. The number of rotatable bonds is 3. The lowest BCUT2D eigenvalue weighted by molar-refractivity contribution is -0.0411. The molecule has 1 atom stereocenters. The van der Waals surface area contributed by atoms with Crippen LogP contribution in [-0.2, 0) is 20.5 Å². The number of sulfonamides is 1. The van der Waals surface area contributed by atoms with Gasteiger partial charge >= 0.3 is 0 Å². The summed E-state index contributed by atoms with van der Waals surface area (Å²) in [5.74, 6) is 0.0490. The van der Waals surface area contributed by atoms with Crippen molar-refractivity contribution >= 4 is 10.0 Å². The zero-order valence-electron chi connectivity index (χ0n) is 10.8. The minimum atomic E-state index is -3.30. The van der Waals surface area contributed by atoms with Crippen molar-refractivity contribution in [3.63, 3.8) is 0 Å². The van der Waals surface area contributed by atoms with Crippen LogP contribution in [-0.4, -0.2) is 32.1 Å². The fourth-order valence-corrected chi connectivity index (χ4v) is 3.96. The molecule has 1 aromatic rings. The Labute approximate surface area is 109 Å². The highest BCUT2D eigenvalue weighted by molar-refractivity contribution is 7.88. The molecule has 0 amide bonds. The first-order valence-corrected chi connectivity index (χ1v) is 7.77. The average molecular weight is 269 g/mol. The van der Waals surface area contributed by atoms with E-state index in [1.165, 1.54) is 4.31 Å². The van der Waals surface area contributed by atoms with Crippen LogP contribution in [0.1, 0.15) is 24.5 Å². The molecule has 1 aliphatic rings. The SMILES string of the molecule is Cc1ccccc1CS(=O)(=O)N1CCCOC1C. The van der Waals surface area contributed by atoms with Crippen LogP contribution in [0.3, 0.4) is 0 Å². The van der Waals surface area contributed by atoms with E-state index in [0.717, 1.165) is 17.5 Å². The molecule has 1 fully saturated rings. The summed E-state index contributed by atoms with van der Waals surface area (Å²) in [5, 5.41) is 0. The summed E-state index contributed by atoms with van der Waals surface area (Å²) in [6.07, 6.45) is 0.407. The maximum atomic E-state index is 12.4. The zero-order valence-corrected chi connectivity index (χ0v) is 11.6. The first-order chi connectivity index (χ1) is 8.50. The molecule has 0 aliphatic carbocycles. The zero-order chi connectivity index (χ0) is 13.2. The predicted molar refractivity (Wildman–Crippen MR) is 70.5 cm³/mol. The van der Waals surface area contributed by atoms with Gasteiger partial charge in [0.1, 0.15) is 6.23 Å². The summed E-state index contributed by atoms with van der Waals surface area (Å²) in [6, 6.07) is 7.58. The van der Waals surface area contributed by atoms with E-state index in [1.807, 2.05) is 31.2 Å². The molecule has 1 aromatic carbocycles.